The first kappa shape index (κ1) is 12.1. The van der Waals surface area contributed by atoms with Crippen LogP contribution in [0.2, 0.25) is 0 Å². The lowest BCUT2D eigenvalue weighted by atomic mass is 10.2. The van der Waals surface area contributed by atoms with Crippen molar-refractivity contribution in [1.82, 2.24) is 14.7 Å². The average Bonchev–Trinajstić information content (AvgIpc) is 2.79. The second kappa shape index (κ2) is 5.29. The lowest BCUT2D eigenvalue weighted by Gasteiger charge is -2.26. The van der Waals surface area contributed by atoms with Gasteiger partial charge in [0.05, 0.1) is 19.4 Å². The van der Waals surface area contributed by atoms with E-state index in [1.54, 1.807) is 15.8 Å². The Morgan fingerprint density at radius 1 is 1.59 bits per heavy atom. The molecule has 94 valence electrons. The van der Waals surface area contributed by atoms with Crippen LogP contribution in [0.25, 0.3) is 0 Å². The summed E-state index contributed by atoms with van der Waals surface area (Å²) in [5, 5.41) is 4.13. The number of nitrogens with two attached hydrogens (primary N) is 1. The highest BCUT2D eigenvalue weighted by atomic mass is 16.5. The Morgan fingerprint density at radius 2 is 2.29 bits per heavy atom. The molecule has 1 aromatic rings. The van der Waals surface area contributed by atoms with Gasteiger partial charge in [0.1, 0.15) is 6.54 Å². The Morgan fingerprint density at radius 3 is 2.88 bits per heavy atom. The Hall–Kier alpha value is -1.40. The van der Waals surface area contributed by atoms with E-state index in [1.165, 1.54) is 0 Å². The van der Waals surface area contributed by atoms with Gasteiger partial charge in [-0.15, -0.1) is 0 Å². The fourth-order valence-electron chi connectivity index (χ4n) is 1.75. The number of nitrogens with zero attached hydrogens (tertiary/aromatic N) is 3. The number of morpholine rings is 1. The van der Waals surface area contributed by atoms with E-state index < -0.39 is 0 Å². The van der Waals surface area contributed by atoms with Crippen LogP contribution in [0.5, 0.6) is 0 Å². The van der Waals surface area contributed by atoms with Gasteiger partial charge in [-0.25, -0.2) is 0 Å². The summed E-state index contributed by atoms with van der Waals surface area (Å²) in [5.74, 6) is 0.0765. The molecule has 1 fully saturated rings. The molecule has 0 saturated carbocycles. The molecule has 0 radical (unpaired) electrons. The second-order valence-corrected chi connectivity index (χ2v) is 4.25. The minimum Gasteiger partial charge on any atom is -0.378 e. The van der Waals surface area contributed by atoms with Crippen LogP contribution < -0.4 is 5.73 Å². The van der Waals surface area contributed by atoms with Gasteiger partial charge in [0.25, 0.3) is 0 Å². The van der Waals surface area contributed by atoms with Gasteiger partial charge in [-0.2, -0.15) is 5.10 Å². The average molecular weight is 238 g/mol. The first-order chi connectivity index (χ1) is 8.16. The lowest BCUT2D eigenvalue weighted by molar-refractivity contribution is -0.136. The third-order valence-electron chi connectivity index (χ3n) is 2.84. The van der Waals surface area contributed by atoms with Crippen molar-refractivity contribution in [2.75, 3.05) is 26.3 Å². The Bertz CT molecular complexity index is 383. The van der Waals surface area contributed by atoms with Crippen LogP contribution in [0, 0.1) is 0 Å². The quantitative estimate of drug-likeness (QED) is 0.789. The third-order valence-corrected chi connectivity index (χ3v) is 2.84. The molecule has 1 atom stereocenters. The second-order valence-electron chi connectivity index (χ2n) is 4.25. The zero-order chi connectivity index (χ0) is 12.3. The van der Waals surface area contributed by atoms with Crippen LogP contribution in [0.15, 0.2) is 12.4 Å². The van der Waals surface area contributed by atoms with Crippen LogP contribution in [0.4, 0.5) is 0 Å². The van der Waals surface area contributed by atoms with Crippen LogP contribution >= 0.6 is 0 Å². The van der Waals surface area contributed by atoms with E-state index in [4.69, 9.17) is 10.5 Å². The molecular formula is C11H18N4O2. The summed E-state index contributed by atoms with van der Waals surface area (Å²) in [7, 11) is 0. The van der Waals surface area contributed by atoms with Gasteiger partial charge in [0.2, 0.25) is 5.91 Å². The van der Waals surface area contributed by atoms with Crippen LogP contribution in [-0.4, -0.2) is 46.9 Å². The number of amides is 1. The zero-order valence-corrected chi connectivity index (χ0v) is 10.0. The summed E-state index contributed by atoms with van der Waals surface area (Å²) in [4.78, 5) is 13.7. The fraction of sp³-hybridized carbons (Fsp3) is 0.636. The SMILES string of the molecule is CC(N)c1cnn(CC(=O)N2CCOCC2)c1. The topological polar surface area (TPSA) is 73.4 Å². The summed E-state index contributed by atoms with van der Waals surface area (Å²) in [6, 6.07) is -0.0535. The van der Waals surface area contributed by atoms with Crippen molar-refractivity contribution in [3.63, 3.8) is 0 Å². The molecule has 1 saturated heterocycles. The molecule has 0 bridgehead atoms. The summed E-state index contributed by atoms with van der Waals surface area (Å²) in [5.41, 5.74) is 6.68. The van der Waals surface area contributed by atoms with Gasteiger partial charge >= 0.3 is 0 Å². The van der Waals surface area contributed by atoms with Crippen molar-refractivity contribution in [1.29, 1.82) is 0 Å². The van der Waals surface area contributed by atoms with Crippen molar-refractivity contribution in [2.24, 2.45) is 5.73 Å². The summed E-state index contributed by atoms with van der Waals surface area (Å²) in [6.45, 7) is 4.74. The van der Waals surface area contributed by atoms with Crippen molar-refractivity contribution >= 4 is 5.91 Å². The van der Waals surface area contributed by atoms with Crippen molar-refractivity contribution in [2.45, 2.75) is 19.5 Å². The maximum absolute atomic E-state index is 11.9. The maximum Gasteiger partial charge on any atom is 0.244 e. The van der Waals surface area contributed by atoms with Crippen LogP contribution in [0.1, 0.15) is 18.5 Å². The van der Waals surface area contributed by atoms with Gasteiger partial charge in [-0.3, -0.25) is 9.48 Å². The summed E-state index contributed by atoms with van der Waals surface area (Å²) in [6.07, 6.45) is 3.53. The minimum atomic E-state index is -0.0535. The summed E-state index contributed by atoms with van der Waals surface area (Å²) < 4.78 is 6.84. The number of carbonyl (C=O) groups is 1. The summed E-state index contributed by atoms with van der Waals surface area (Å²) >= 11 is 0. The largest absolute Gasteiger partial charge is 0.378 e. The van der Waals surface area contributed by atoms with E-state index in [0.29, 0.717) is 26.3 Å². The standard InChI is InChI=1S/C11H18N4O2/c1-9(12)10-6-13-15(7-10)8-11(16)14-2-4-17-5-3-14/h6-7,9H,2-5,8,12H2,1H3. The van der Waals surface area contributed by atoms with Crippen LogP contribution in [-0.2, 0) is 16.1 Å². The van der Waals surface area contributed by atoms with Crippen molar-refractivity contribution < 1.29 is 9.53 Å². The monoisotopic (exact) mass is 238 g/mol. The highest BCUT2D eigenvalue weighted by Gasteiger charge is 2.17. The molecule has 0 spiro atoms. The lowest BCUT2D eigenvalue weighted by Crippen LogP contribution is -2.42. The molecule has 0 aromatic carbocycles. The zero-order valence-electron chi connectivity index (χ0n) is 10.0. The molecule has 2 rings (SSSR count). The van der Waals surface area contributed by atoms with Gasteiger partial charge in [-0.05, 0) is 6.92 Å². The Balaban J connectivity index is 1.92. The first-order valence-electron chi connectivity index (χ1n) is 5.80. The van der Waals surface area contributed by atoms with Crippen molar-refractivity contribution in [3.05, 3.63) is 18.0 Å². The molecule has 2 heterocycles. The molecule has 1 aliphatic heterocycles. The predicted octanol–water partition coefficient (Wildman–Crippen LogP) is -0.238. The third kappa shape index (κ3) is 3.04. The molecule has 1 aromatic heterocycles. The van der Waals surface area contributed by atoms with Gasteiger partial charge in [0, 0.05) is 30.9 Å². The molecule has 1 aliphatic rings. The molecule has 1 unspecified atom stereocenters. The number of rotatable bonds is 3. The number of carbonyl (C=O) groups excluding carboxylic acids is 1. The van der Waals surface area contributed by atoms with E-state index in [1.807, 2.05) is 13.1 Å². The van der Waals surface area contributed by atoms with E-state index >= 15 is 0 Å². The first-order valence-corrected chi connectivity index (χ1v) is 5.80. The van der Waals surface area contributed by atoms with Crippen molar-refractivity contribution in [3.8, 4) is 0 Å². The molecular weight excluding hydrogens is 220 g/mol. The smallest absolute Gasteiger partial charge is 0.244 e. The molecule has 6 heteroatoms. The normalized spacial score (nSPS) is 18.1. The van der Waals surface area contributed by atoms with Gasteiger partial charge in [-0.1, -0.05) is 0 Å². The maximum atomic E-state index is 11.9. The highest BCUT2D eigenvalue weighted by molar-refractivity contribution is 5.76. The van der Waals surface area contributed by atoms with E-state index in [-0.39, 0.29) is 18.5 Å². The number of hydrogen-bond acceptors (Lipinski definition) is 4. The molecule has 0 aliphatic carbocycles. The molecule has 17 heavy (non-hydrogen) atoms. The Labute approximate surface area is 100 Å². The number of ether oxygens (including phenoxy) is 1. The van der Waals surface area contributed by atoms with Crippen LogP contribution in [0.3, 0.4) is 0 Å². The minimum absolute atomic E-state index is 0.0535. The fourth-order valence-corrected chi connectivity index (χ4v) is 1.75. The van der Waals surface area contributed by atoms with Gasteiger partial charge in [0.15, 0.2) is 0 Å². The number of aromatic nitrogens is 2. The highest BCUT2D eigenvalue weighted by Crippen LogP contribution is 2.07. The van der Waals surface area contributed by atoms with E-state index in [0.717, 1.165) is 5.56 Å². The van der Waals surface area contributed by atoms with Gasteiger partial charge < -0.3 is 15.4 Å². The molecule has 6 nitrogen and oxygen atoms in total. The Kier molecular flexibility index (Phi) is 3.75. The number of hydrogen-bond donors (Lipinski definition) is 1. The predicted molar refractivity (Wildman–Crippen MR) is 62.2 cm³/mol. The van der Waals surface area contributed by atoms with E-state index in [2.05, 4.69) is 5.10 Å². The molecule has 2 N–H and O–H groups in total. The molecule has 1 amide bonds. The van der Waals surface area contributed by atoms with E-state index in [9.17, 15) is 4.79 Å².